The minimum Gasteiger partial charge on any atom is -0.389 e. The van der Waals surface area contributed by atoms with Crippen LogP contribution in [0.1, 0.15) is 37.7 Å². The summed E-state index contributed by atoms with van der Waals surface area (Å²) in [5.41, 5.74) is -1.04. The summed E-state index contributed by atoms with van der Waals surface area (Å²) >= 11 is 0. The maximum atomic E-state index is 13.4. The van der Waals surface area contributed by atoms with Crippen LogP contribution in [-0.2, 0) is 19.9 Å². The number of halogens is 1. The highest BCUT2D eigenvalue weighted by Crippen LogP contribution is 2.31. The second-order valence-corrected chi connectivity index (χ2v) is 8.63. The molecule has 0 spiro atoms. The summed E-state index contributed by atoms with van der Waals surface area (Å²) in [6, 6.07) is 4.21. The summed E-state index contributed by atoms with van der Waals surface area (Å²) in [4.78, 5) is 39.4. The van der Waals surface area contributed by atoms with Crippen molar-refractivity contribution in [2.75, 3.05) is 26.3 Å². The van der Waals surface area contributed by atoms with Crippen molar-refractivity contribution in [2.45, 2.75) is 55.8 Å². The van der Waals surface area contributed by atoms with Gasteiger partial charge in [-0.1, -0.05) is 12.1 Å². The van der Waals surface area contributed by atoms with E-state index in [4.69, 9.17) is 4.74 Å². The minimum atomic E-state index is -1.44. The number of hydrogen-bond donors (Lipinski definition) is 4. The van der Waals surface area contributed by atoms with Gasteiger partial charge in [-0.3, -0.25) is 19.8 Å². The number of carbonyl (C=O) groups is 3. The number of rotatable bonds is 6. The van der Waals surface area contributed by atoms with E-state index < -0.39 is 29.4 Å². The summed E-state index contributed by atoms with van der Waals surface area (Å²) in [7, 11) is 0. The van der Waals surface area contributed by atoms with E-state index in [1.54, 1.807) is 0 Å². The number of benzene rings is 1. The number of imide groups is 1. The third-order valence-corrected chi connectivity index (χ3v) is 6.69. The zero-order chi connectivity index (χ0) is 22.7. The van der Waals surface area contributed by atoms with E-state index in [1.165, 1.54) is 24.3 Å². The third-order valence-electron chi connectivity index (χ3n) is 6.69. The van der Waals surface area contributed by atoms with Crippen LogP contribution in [0, 0.1) is 5.82 Å². The van der Waals surface area contributed by atoms with Crippen LogP contribution in [-0.4, -0.2) is 72.3 Å². The number of urea groups is 1. The zero-order valence-electron chi connectivity index (χ0n) is 17.8. The molecule has 3 fully saturated rings. The van der Waals surface area contributed by atoms with Gasteiger partial charge in [0.15, 0.2) is 0 Å². The fourth-order valence-electron chi connectivity index (χ4n) is 4.95. The van der Waals surface area contributed by atoms with Gasteiger partial charge in [-0.2, -0.15) is 0 Å². The van der Waals surface area contributed by atoms with Gasteiger partial charge >= 0.3 is 6.03 Å². The number of ether oxygens (including phenoxy) is 1. The van der Waals surface area contributed by atoms with Gasteiger partial charge in [-0.05, 0) is 43.4 Å². The molecule has 0 unspecified atom stereocenters. The van der Waals surface area contributed by atoms with Crippen LogP contribution < -0.4 is 16.0 Å². The maximum Gasteiger partial charge on any atom is 0.322 e. The highest BCUT2D eigenvalue weighted by atomic mass is 19.1. The Bertz CT molecular complexity index is 860. The molecule has 9 nitrogen and oxygen atoms in total. The Hall–Kier alpha value is -2.56. The van der Waals surface area contributed by atoms with Gasteiger partial charge in [0.1, 0.15) is 11.4 Å². The standard InChI is InChI=1S/C22H29FN4O5/c23-15-6-4-14(5-7-15)22(20(30)25-21(31)26-22)9-8-18(28)24-16-2-1-3-17(19(16)29)27-10-12-32-13-11-27/h4-7,16-17,19,29H,1-3,8-13H2,(H,24,28)(H2,25,26,30,31)/t16-,17-,19-,22-/m1/s1. The Morgan fingerprint density at radius 2 is 1.94 bits per heavy atom. The Morgan fingerprint density at radius 1 is 1.22 bits per heavy atom. The van der Waals surface area contributed by atoms with Gasteiger partial charge in [0.05, 0.1) is 25.4 Å². The quantitative estimate of drug-likeness (QED) is 0.467. The Morgan fingerprint density at radius 3 is 2.59 bits per heavy atom. The molecule has 4 rings (SSSR count). The van der Waals surface area contributed by atoms with Crippen LogP contribution >= 0.6 is 0 Å². The third kappa shape index (κ3) is 4.62. The van der Waals surface area contributed by atoms with Gasteiger partial charge in [0.2, 0.25) is 5.91 Å². The molecule has 4 atom stereocenters. The first-order valence-corrected chi connectivity index (χ1v) is 11.1. The summed E-state index contributed by atoms with van der Waals surface area (Å²) in [6.07, 6.45) is 1.71. The van der Waals surface area contributed by atoms with Crippen LogP contribution in [0.15, 0.2) is 24.3 Å². The van der Waals surface area contributed by atoms with E-state index in [1.807, 2.05) is 0 Å². The second kappa shape index (κ2) is 9.51. The number of carbonyl (C=O) groups excluding carboxylic acids is 3. The maximum absolute atomic E-state index is 13.4. The number of aliphatic hydroxyl groups excluding tert-OH is 1. The molecule has 32 heavy (non-hydrogen) atoms. The number of aliphatic hydroxyl groups is 1. The van der Waals surface area contributed by atoms with Gasteiger partial charge in [-0.25, -0.2) is 9.18 Å². The summed E-state index contributed by atoms with van der Waals surface area (Å²) in [5, 5.41) is 18.6. The van der Waals surface area contributed by atoms with Crippen molar-refractivity contribution in [3.63, 3.8) is 0 Å². The molecule has 1 aliphatic carbocycles. The topological polar surface area (TPSA) is 120 Å². The van der Waals surface area contributed by atoms with Gasteiger partial charge < -0.3 is 20.5 Å². The molecule has 174 valence electrons. The second-order valence-electron chi connectivity index (χ2n) is 8.63. The molecule has 1 saturated carbocycles. The van der Waals surface area contributed by atoms with Crippen molar-refractivity contribution >= 4 is 17.8 Å². The zero-order valence-corrected chi connectivity index (χ0v) is 17.8. The van der Waals surface area contributed by atoms with Crippen molar-refractivity contribution in [2.24, 2.45) is 0 Å². The normalized spacial score (nSPS) is 31.1. The molecule has 1 aromatic carbocycles. The predicted octanol–water partition coefficient (Wildman–Crippen LogP) is 0.371. The fourth-order valence-corrected chi connectivity index (χ4v) is 4.95. The molecular weight excluding hydrogens is 419 g/mol. The molecule has 4 amide bonds. The van der Waals surface area contributed by atoms with Crippen LogP contribution in [0.4, 0.5) is 9.18 Å². The molecule has 2 aliphatic heterocycles. The molecule has 10 heteroatoms. The van der Waals surface area contributed by atoms with Gasteiger partial charge in [0, 0.05) is 25.6 Å². The lowest BCUT2D eigenvalue weighted by Gasteiger charge is -2.43. The highest BCUT2D eigenvalue weighted by molar-refractivity contribution is 6.07. The number of amides is 4. The van der Waals surface area contributed by atoms with E-state index in [0.717, 1.165) is 25.9 Å². The molecule has 4 N–H and O–H groups in total. The van der Waals surface area contributed by atoms with Crippen molar-refractivity contribution in [3.8, 4) is 0 Å². The molecule has 1 aromatic rings. The van der Waals surface area contributed by atoms with Crippen molar-refractivity contribution < 1.29 is 28.6 Å². The van der Waals surface area contributed by atoms with Gasteiger partial charge in [0.25, 0.3) is 5.91 Å². The Balaban J connectivity index is 1.40. The van der Waals surface area contributed by atoms with Crippen LogP contribution in [0.25, 0.3) is 0 Å². The molecule has 0 aromatic heterocycles. The van der Waals surface area contributed by atoms with Crippen molar-refractivity contribution in [1.82, 2.24) is 20.9 Å². The Kier molecular flexibility index (Phi) is 6.73. The molecule has 2 saturated heterocycles. The first-order chi connectivity index (χ1) is 15.4. The van der Waals surface area contributed by atoms with E-state index in [2.05, 4.69) is 20.9 Å². The average molecular weight is 448 g/mol. The number of nitrogens with one attached hydrogen (secondary N) is 3. The lowest BCUT2D eigenvalue weighted by molar-refractivity contribution is -0.126. The largest absolute Gasteiger partial charge is 0.389 e. The summed E-state index contributed by atoms with van der Waals surface area (Å²) < 4.78 is 18.8. The average Bonchev–Trinajstić information content (AvgIpc) is 3.08. The van der Waals surface area contributed by atoms with E-state index in [-0.39, 0.29) is 30.8 Å². The van der Waals surface area contributed by atoms with Crippen molar-refractivity contribution in [3.05, 3.63) is 35.6 Å². The molecule has 3 aliphatic rings. The molecule has 0 bridgehead atoms. The van der Waals surface area contributed by atoms with E-state index >= 15 is 0 Å². The number of morpholine rings is 1. The minimum absolute atomic E-state index is 0.0117. The van der Waals surface area contributed by atoms with Crippen molar-refractivity contribution in [1.29, 1.82) is 0 Å². The number of nitrogens with zero attached hydrogens (tertiary/aromatic N) is 1. The predicted molar refractivity (Wildman–Crippen MR) is 112 cm³/mol. The molecule has 2 heterocycles. The van der Waals surface area contributed by atoms with Crippen LogP contribution in [0.3, 0.4) is 0 Å². The van der Waals surface area contributed by atoms with Crippen LogP contribution in [0.2, 0.25) is 0 Å². The lowest BCUT2D eigenvalue weighted by Crippen LogP contribution is -2.58. The highest BCUT2D eigenvalue weighted by Gasteiger charge is 2.47. The molecule has 0 radical (unpaired) electrons. The van der Waals surface area contributed by atoms with Crippen LogP contribution in [0.5, 0.6) is 0 Å². The SMILES string of the molecule is O=C(CC[C@]1(c2ccc(F)cc2)NC(=O)NC1=O)N[C@@H]1CCC[C@@H](N2CCOCC2)[C@@H]1O. The Labute approximate surface area is 185 Å². The smallest absolute Gasteiger partial charge is 0.322 e. The first-order valence-electron chi connectivity index (χ1n) is 11.1. The first kappa shape index (κ1) is 22.6. The number of hydrogen-bond acceptors (Lipinski definition) is 6. The summed E-state index contributed by atoms with van der Waals surface area (Å²) in [5.74, 6) is -1.36. The monoisotopic (exact) mass is 448 g/mol. The molecular formula is C22H29FN4O5. The van der Waals surface area contributed by atoms with E-state index in [9.17, 15) is 23.9 Å². The van der Waals surface area contributed by atoms with Gasteiger partial charge in [-0.15, -0.1) is 0 Å². The lowest BCUT2D eigenvalue weighted by atomic mass is 9.84. The van der Waals surface area contributed by atoms with E-state index in [0.29, 0.717) is 25.2 Å². The summed E-state index contributed by atoms with van der Waals surface area (Å²) in [6.45, 7) is 2.80. The fraction of sp³-hybridized carbons (Fsp3) is 0.591.